The van der Waals surface area contributed by atoms with E-state index in [2.05, 4.69) is 19.9 Å². The van der Waals surface area contributed by atoms with E-state index in [1.807, 2.05) is 5.57 Å². The van der Waals surface area contributed by atoms with Gasteiger partial charge in [-0.05, 0) is 92.3 Å². The van der Waals surface area contributed by atoms with E-state index < -0.39 is 0 Å². The molecule has 0 aromatic rings. The number of allylic oxidation sites excluding steroid dienone is 2. The minimum Gasteiger partial charge on any atom is -0.396 e. The van der Waals surface area contributed by atoms with Gasteiger partial charge in [0.05, 0.1) is 0 Å². The average Bonchev–Trinajstić information content (AvgIpc) is 2.84. The molecule has 0 aromatic carbocycles. The van der Waals surface area contributed by atoms with Gasteiger partial charge in [-0.15, -0.1) is 0 Å². The molecular formula is C21H34O. The fourth-order valence-corrected chi connectivity index (χ4v) is 7.44. The first-order valence-electron chi connectivity index (χ1n) is 9.90. The summed E-state index contributed by atoms with van der Waals surface area (Å²) < 4.78 is 0. The standard InChI is InChI=1S/C21H34O/c1-20-12-4-3-5-15(20)6-8-17-18-9-7-16(11-14-22)21(18,2)13-10-19(17)20/h6,16-19,22H,3-5,7-14H2,1-2H3/t16-,17+,18+,19+,20+,21-/m1/s1. The lowest BCUT2D eigenvalue weighted by atomic mass is 9.47. The molecule has 1 heteroatoms. The van der Waals surface area contributed by atoms with Crippen LogP contribution in [0.2, 0.25) is 0 Å². The first-order chi connectivity index (χ1) is 10.6. The van der Waals surface area contributed by atoms with Crippen LogP contribution in [-0.2, 0) is 0 Å². The number of fused-ring (bicyclic) bond motifs is 5. The first kappa shape index (κ1) is 15.2. The Morgan fingerprint density at radius 1 is 1.09 bits per heavy atom. The Balaban J connectivity index is 1.63. The summed E-state index contributed by atoms with van der Waals surface area (Å²) in [6, 6.07) is 0. The lowest BCUT2D eigenvalue weighted by Crippen LogP contribution is -2.49. The smallest absolute Gasteiger partial charge is 0.0433 e. The Kier molecular flexibility index (Phi) is 3.72. The highest BCUT2D eigenvalue weighted by Gasteiger charge is 2.57. The van der Waals surface area contributed by atoms with E-state index in [1.165, 1.54) is 57.8 Å². The second-order valence-corrected chi connectivity index (χ2v) is 9.30. The number of rotatable bonds is 2. The molecule has 0 aromatic heterocycles. The Hall–Kier alpha value is -0.300. The van der Waals surface area contributed by atoms with E-state index >= 15 is 0 Å². The zero-order chi connectivity index (χ0) is 15.4. The van der Waals surface area contributed by atoms with E-state index in [0.29, 0.717) is 17.4 Å². The van der Waals surface area contributed by atoms with Crippen molar-refractivity contribution in [2.75, 3.05) is 6.61 Å². The summed E-state index contributed by atoms with van der Waals surface area (Å²) in [4.78, 5) is 0. The molecule has 0 spiro atoms. The molecule has 0 aliphatic heterocycles. The van der Waals surface area contributed by atoms with Gasteiger partial charge in [0.1, 0.15) is 0 Å². The molecule has 1 N–H and O–H groups in total. The van der Waals surface area contributed by atoms with Gasteiger partial charge < -0.3 is 5.11 Å². The molecule has 4 rings (SSSR count). The number of aliphatic hydroxyl groups excluding tert-OH is 1. The Morgan fingerprint density at radius 3 is 2.77 bits per heavy atom. The van der Waals surface area contributed by atoms with Crippen molar-refractivity contribution in [3.05, 3.63) is 11.6 Å². The van der Waals surface area contributed by atoms with Crippen LogP contribution in [0.1, 0.15) is 78.1 Å². The maximum absolute atomic E-state index is 9.45. The molecule has 3 saturated carbocycles. The molecule has 3 fully saturated rings. The molecule has 4 aliphatic carbocycles. The minimum atomic E-state index is 0.392. The Morgan fingerprint density at radius 2 is 1.95 bits per heavy atom. The molecule has 0 amide bonds. The van der Waals surface area contributed by atoms with Crippen molar-refractivity contribution in [2.45, 2.75) is 78.1 Å². The Labute approximate surface area is 136 Å². The second kappa shape index (κ2) is 5.36. The van der Waals surface area contributed by atoms with Crippen molar-refractivity contribution in [1.29, 1.82) is 0 Å². The van der Waals surface area contributed by atoms with Crippen LogP contribution in [0.15, 0.2) is 11.6 Å². The van der Waals surface area contributed by atoms with Crippen molar-refractivity contribution in [1.82, 2.24) is 0 Å². The highest BCUT2D eigenvalue weighted by Crippen LogP contribution is 2.66. The summed E-state index contributed by atoms with van der Waals surface area (Å²) in [7, 11) is 0. The van der Waals surface area contributed by atoms with Gasteiger partial charge in [0.2, 0.25) is 0 Å². The Bertz CT molecular complexity index is 467. The van der Waals surface area contributed by atoms with E-state index in [9.17, 15) is 5.11 Å². The molecule has 6 atom stereocenters. The van der Waals surface area contributed by atoms with Crippen LogP contribution in [0.3, 0.4) is 0 Å². The van der Waals surface area contributed by atoms with Crippen molar-refractivity contribution in [3.8, 4) is 0 Å². The van der Waals surface area contributed by atoms with Crippen LogP contribution >= 0.6 is 0 Å². The first-order valence-corrected chi connectivity index (χ1v) is 9.90. The maximum atomic E-state index is 9.45. The monoisotopic (exact) mass is 302 g/mol. The fourth-order valence-electron chi connectivity index (χ4n) is 7.44. The SMILES string of the molecule is C[C@]12CC[C@H]3[C@@H](CC=C4CCCC[C@@]43C)[C@@H]1CC[C@@H]2CCO. The molecule has 0 saturated heterocycles. The molecule has 4 aliphatic rings. The van der Waals surface area contributed by atoms with E-state index in [4.69, 9.17) is 0 Å². The molecular weight excluding hydrogens is 268 g/mol. The summed E-state index contributed by atoms with van der Waals surface area (Å²) in [5.74, 6) is 3.61. The molecule has 22 heavy (non-hydrogen) atoms. The van der Waals surface area contributed by atoms with Gasteiger partial charge >= 0.3 is 0 Å². The molecule has 0 unspecified atom stereocenters. The maximum Gasteiger partial charge on any atom is 0.0433 e. The zero-order valence-electron chi connectivity index (χ0n) is 14.6. The van der Waals surface area contributed by atoms with Gasteiger partial charge in [-0.2, -0.15) is 0 Å². The summed E-state index contributed by atoms with van der Waals surface area (Å²) in [5, 5.41) is 9.45. The largest absolute Gasteiger partial charge is 0.396 e. The normalized spacial score (nSPS) is 50.8. The van der Waals surface area contributed by atoms with Crippen LogP contribution in [0.25, 0.3) is 0 Å². The van der Waals surface area contributed by atoms with E-state index in [-0.39, 0.29) is 0 Å². The third-order valence-electron chi connectivity index (χ3n) is 8.69. The predicted molar refractivity (Wildman–Crippen MR) is 91.5 cm³/mol. The highest BCUT2D eigenvalue weighted by atomic mass is 16.3. The van der Waals surface area contributed by atoms with E-state index in [0.717, 1.165) is 30.1 Å². The van der Waals surface area contributed by atoms with Crippen molar-refractivity contribution in [2.24, 2.45) is 34.5 Å². The second-order valence-electron chi connectivity index (χ2n) is 9.30. The molecule has 0 bridgehead atoms. The number of hydrogen-bond donors (Lipinski definition) is 1. The lowest BCUT2D eigenvalue weighted by molar-refractivity contribution is -0.0440. The quantitative estimate of drug-likeness (QED) is 0.683. The zero-order valence-corrected chi connectivity index (χ0v) is 14.6. The van der Waals surface area contributed by atoms with Gasteiger partial charge in [0.25, 0.3) is 0 Å². The van der Waals surface area contributed by atoms with E-state index in [1.54, 1.807) is 0 Å². The number of hydrogen-bond acceptors (Lipinski definition) is 1. The van der Waals surface area contributed by atoms with Gasteiger partial charge in [0, 0.05) is 6.61 Å². The van der Waals surface area contributed by atoms with Crippen LogP contribution in [0.5, 0.6) is 0 Å². The fraction of sp³-hybridized carbons (Fsp3) is 0.905. The lowest BCUT2D eigenvalue weighted by Gasteiger charge is -2.57. The average molecular weight is 303 g/mol. The number of aliphatic hydroxyl groups is 1. The van der Waals surface area contributed by atoms with Crippen LogP contribution in [-0.4, -0.2) is 11.7 Å². The summed E-state index contributed by atoms with van der Waals surface area (Å²) in [6.45, 7) is 5.57. The molecule has 0 radical (unpaired) electrons. The topological polar surface area (TPSA) is 20.2 Å². The molecule has 1 nitrogen and oxygen atoms in total. The minimum absolute atomic E-state index is 0.392. The van der Waals surface area contributed by atoms with Gasteiger partial charge in [-0.1, -0.05) is 31.9 Å². The van der Waals surface area contributed by atoms with Crippen LogP contribution in [0.4, 0.5) is 0 Å². The van der Waals surface area contributed by atoms with Gasteiger partial charge in [-0.3, -0.25) is 0 Å². The third kappa shape index (κ3) is 2.00. The van der Waals surface area contributed by atoms with Gasteiger partial charge in [0.15, 0.2) is 0 Å². The van der Waals surface area contributed by atoms with Crippen molar-refractivity contribution < 1.29 is 5.11 Å². The van der Waals surface area contributed by atoms with Crippen LogP contribution in [0, 0.1) is 34.5 Å². The predicted octanol–water partition coefficient (Wildman–Crippen LogP) is 5.34. The van der Waals surface area contributed by atoms with Crippen molar-refractivity contribution in [3.63, 3.8) is 0 Å². The highest BCUT2D eigenvalue weighted by molar-refractivity contribution is 5.24. The third-order valence-corrected chi connectivity index (χ3v) is 8.69. The van der Waals surface area contributed by atoms with Crippen molar-refractivity contribution >= 4 is 0 Å². The summed E-state index contributed by atoms with van der Waals surface area (Å²) in [5.41, 5.74) is 2.89. The summed E-state index contributed by atoms with van der Waals surface area (Å²) >= 11 is 0. The summed E-state index contributed by atoms with van der Waals surface area (Å²) in [6.07, 6.45) is 16.5. The van der Waals surface area contributed by atoms with Gasteiger partial charge in [-0.25, -0.2) is 0 Å². The molecule has 124 valence electrons. The molecule has 0 heterocycles. The van der Waals surface area contributed by atoms with Crippen LogP contribution < -0.4 is 0 Å².